The summed E-state index contributed by atoms with van der Waals surface area (Å²) < 4.78 is 0. The molecule has 0 heterocycles. The summed E-state index contributed by atoms with van der Waals surface area (Å²) in [4.78, 5) is 0. The lowest BCUT2D eigenvalue weighted by atomic mass is 9.38. The van der Waals surface area contributed by atoms with Crippen LogP contribution in [0.25, 0.3) is 0 Å². The van der Waals surface area contributed by atoms with Gasteiger partial charge in [0.25, 0.3) is 0 Å². The quantitative estimate of drug-likeness (QED) is 0.575. The Kier molecular flexibility index (Phi) is 1.09. The van der Waals surface area contributed by atoms with Gasteiger partial charge in [-0.3, -0.25) is 0 Å². The maximum absolute atomic E-state index is 2.67. The van der Waals surface area contributed by atoms with Crippen molar-refractivity contribution in [3.05, 3.63) is 0 Å². The van der Waals surface area contributed by atoms with Gasteiger partial charge in [-0.05, 0) is 71.0 Å². The summed E-state index contributed by atoms with van der Waals surface area (Å²) in [5.41, 5.74) is 2.24. The topological polar surface area (TPSA) is 0 Å². The van der Waals surface area contributed by atoms with Crippen molar-refractivity contribution in [1.29, 1.82) is 0 Å². The first-order valence-corrected chi connectivity index (χ1v) is 7.44. The third kappa shape index (κ3) is 0.497. The van der Waals surface area contributed by atoms with Gasteiger partial charge < -0.3 is 0 Å². The Balaban J connectivity index is 1.83. The van der Waals surface area contributed by atoms with Crippen molar-refractivity contribution >= 4 is 0 Å². The van der Waals surface area contributed by atoms with Gasteiger partial charge in [-0.15, -0.1) is 0 Å². The van der Waals surface area contributed by atoms with E-state index in [-0.39, 0.29) is 0 Å². The van der Waals surface area contributed by atoms with Gasteiger partial charge in [0.15, 0.2) is 0 Å². The average Bonchev–Trinajstić information content (AvgIpc) is 2.49. The minimum Gasteiger partial charge on any atom is -0.0617 e. The Morgan fingerprint density at radius 1 is 1.00 bits per heavy atom. The first-order valence-electron chi connectivity index (χ1n) is 7.44. The average molecular weight is 216 g/mol. The molecule has 0 spiro atoms. The zero-order chi connectivity index (χ0) is 11.1. The summed E-state index contributed by atoms with van der Waals surface area (Å²) in [5.74, 6) is 6.64. The summed E-state index contributed by atoms with van der Waals surface area (Å²) >= 11 is 0. The van der Waals surface area contributed by atoms with Crippen LogP contribution in [0.3, 0.4) is 0 Å². The van der Waals surface area contributed by atoms with E-state index >= 15 is 0 Å². The monoisotopic (exact) mass is 216 g/mol. The van der Waals surface area contributed by atoms with E-state index in [4.69, 9.17) is 0 Å². The molecule has 7 aliphatic rings. The second-order valence-corrected chi connectivity index (χ2v) is 8.66. The van der Waals surface area contributed by atoms with Crippen molar-refractivity contribution in [2.75, 3.05) is 0 Å². The highest BCUT2D eigenvalue weighted by Crippen LogP contribution is 2.91. The highest BCUT2D eigenvalue weighted by molar-refractivity contribution is 5.33. The molecular formula is C16H24. The molecule has 0 heteroatoms. The fraction of sp³-hybridized carbons (Fsp3) is 1.00. The molecule has 0 saturated heterocycles. The largest absolute Gasteiger partial charge is 0.0617 e. The maximum atomic E-state index is 2.67. The van der Waals surface area contributed by atoms with E-state index < -0.39 is 0 Å². The lowest BCUT2D eigenvalue weighted by molar-refractivity contribution is -0.188. The van der Waals surface area contributed by atoms with E-state index in [9.17, 15) is 0 Å². The molecule has 7 fully saturated rings. The van der Waals surface area contributed by atoms with Crippen LogP contribution in [0.5, 0.6) is 0 Å². The molecule has 0 aromatic heterocycles. The normalized spacial score (nSPS) is 81.8. The molecule has 0 N–H and O–H groups in total. The molecule has 0 aromatic carbocycles. The summed E-state index contributed by atoms with van der Waals surface area (Å²) in [6, 6.07) is 0. The summed E-state index contributed by atoms with van der Waals surface area (Å²) in [6.45, 7) is 10.6. The first-order chi connectivity index (χ1) is 7.44. The fourth-order valence-electron chi connectivity index (χ4n) is 8.45. The molecular weight excluding hydrogens is 192 g/mol. The molecule has 0 aromatic rings. The molecule has 7 aliphatic carbocycles. The van der Waals surface area contributed by atoms with Crippen molar-refractivity contribution in [3.8, 4) is 0 Å². The zero-order valence-corrected chi connectivity index (χ0v) is 11.1. The molecule has 9 atom stereocenters. The lowest BCUT2D eigenvalue weighted by Gasteiger charge is -2.66. The van der Waals surface area contributed by atoms with E-state index in [1.807, 2.05) is 0 Å². The van der Waals surface area contributed by atoms with E-state index in [1.54, 1.807) is 19.3 Å². The fourth-order valence-corrected chi connectivity index (χ4v) is 8.45. The zero-order valence-electron chi connectivity index (χ0n) is 11.1. The predicted octanol–water partition coefficient (Wildman–Crippen LogP) is 3.96. The highest BCUT2D eigenvalue weighted by atomic mass is 14.9. The van der Waals surface area contributed by atoms with Gasteiger partial charge in [0.2, 0.25) is 0 Å². The highest BCUT2D eigenvalue weighted by Gasteiger charge is 2.85. The second kappa shape index (κ2) is 1.93. The first kappa shape index (κ1) is 9.00. The van der Waals surface area contributed by atoms with Crippen LogP contribution in [0.1, 0.15) is 47.0 Å². The van der Waals surface area contributed by atoms with Crippen LogP contribution < -0.4 is 0 Å². The van der Waals surface area contributed by atoms with Crippen LogP contribution in [0.4, 0.5) is 0 Å². The summed E-state index contributed by atoms with van der Waals surface area (Å²) in [7, 11) is 0. The Labute approximate surface area is 99.2 Å². The lowest BCUT2D eigenvalue weighted by Crippen LogP contribution is -2.61. The smallest absolute Gasteiger partial charge is 0.0207 e. The van der Waals surface area contributed by atoms with Crippen LogP contribution in [0.15, 0.2) is 0 Å². The molecule has 16 heavy (non-hydrogen) atoms. The second-order valence-electron chi connectivity index (χ2n) is 8.66. The van der Waals surface area contributed by atoms with Crippen molar-refractivity contribution in [2.45, 2.75) is 47.0 Å². The van der Waals surface area contributed by atoms with Crippen LogP contribution in [0.2, 0.25) is 0 Å². The van der Waals surface area contributed by atoms with Crippen LogP contribution in [-0.4, -0.2) is 0 Å². The third-order valence-electron chi connectivity index (χ3n) is 9.16. The number of hydrogen-bond acceptors (Lipinski definition) is 0. The van der Waals surface area contributed by atoms with Gasteiger partial charge in [0.1, 0.15) is 0 Å². The third-order valence-corrected chi connectivity index (χ3v) is 9.16. The van der Waals surface area contributed by atoms with Crippen molar-refractivity contribution in [1.82, 2.24) is 0 Å². The van der Waals surface area contributed by atoms with E-state index in [2.05, 4.69) is 27.7 Å². The van der Waals surface area contributed by atoms with Crippen LogP contribution in [0, 0.1) is 51.8 Å². The van der Waals surface area contributed by atoms with Gasteiger partial charge in [-0.2, -0.15) is 0 Å². The van der Waals surface area contributed by atoms with Gasteiger partial charge in [-0.1, -0.05) is 27.7 Å². The van der Waals surface area contributed by atoms with Gasteiger partial charge in [-0.25, -0.2) is 0 Å². The van der Waals surface area contributed by atoms with E-state index in [0.29, 0.717) is 0 Å². The van der Waals surface area contributed by atoms with Crippen molar-refractivity contribution < 1.29 is 0 Å². The minimum absolute atomic E-state index is 0.732. The molecule has 0 amide bonds. The summed E-state index contributed by atoms with van der Waals surface area (Å²) in [5, 5.41) is 0. The maximum Gasteiger partial charge on any atom is -0.0207 e. The number of rotatable bonds is 0. The molecule has 88 valence electrons. The molecule has 0 aliphatic heterocycles. The molecule has 8 bridgehead atoms. The Morgan fingerprint density at radius 3 is 2.50 bits per heavy atom. The standard InChI is InChI=1S/C16H24/c1-8-12-10-7-14(12,2)9-5-11-13(10)16(8,4)15(11,3)6-9/h8-13H,5-7H2,1-4H3. The van der Waals surface area contributed by atoms with E-state index in [0.717, 1.165) is 51.8 Å². The molecule has 9 unspecified atom stereocenters. The SMILES string of the molecule is CC1C2C3CC2(C)C2CC4C3C1(C)C4(C)C2. The summed E-state index contributed by atoms with van der Waals surface area (Å²) in [6.07, 6.45) is 4.78. The van der Waals surface area contributed by atoms with Crippen LogP contribution in [-0.2, 0) is 0 Å². The minimum atomic E-state index is 0.732. The Hall–Kier alpha value is 0. The molecule has 0 radical (unpaired) electrons. The van der Waals surface area contributed by atoms with Gasteiger partial charge >= 0.3 is 0 Å². The Bertz CT molecular complexity index is 410. The molecule has 0 nitrogen and oxygen atoms in total. The molecule has 7 rings (SSSR count). The number of hydrogen-bond donors (Lipinski definition) is 0. The van der Waals surface area contributed by atoms with Crippen molar-refractivity contribution in [2.24, 2.45) is 51.8 Å². The Morgan fingerprint density at radius 2 is 1.75 bits per heavy atom. The van der Waals surface area contributed by atoms with Crippen molar-refractivity contribution in [3.63, 3.8) is 0 Å². The predicted molar refractivity (Wildman–Crippen MR) is 64.8 cm³/mol. The van der Waals surface area contributed by atoms with Gasteiger partial charge in [0, 0.05) is 0 Å². The molecule has 7 saturated carbocycles. The van der Waals surface area contributed by atoms with E-state index in [1.165, 1.54) is 0 Å². The van der Waals surface area contributed by atoms with Crippen LogP contribution >= 0.6 is 0 Å². The van der Waals surface area contributed by atoms with Gasteiger partial charge in [0.05, 0.1) is 0 Å².